The molecule has 0 bridgehead atoms. The predicted octanol–water partition coefficient (Wildman–Crippen LogP) is 7.98. The van der Waals surface area contributed by atoms with Crippen LogP contribution in [0.25, 0.3) is 22.4 Å². The number of carboxylic acids is 1. The van der Waals surface area contributed by atoms with Crippen LogP contribution < -0.4 is 9.47 Å². The molecule has 0 unspecified atom stereocenters. The first-order chi connectivity index (χ1) is 19.5. The van der Waals surface area contributed by atoms with Crippen LogP contribution in [-0.4, -0.2) is 25.6 Å². The summed E-state index contributed by atoms with van der Waals surface area (Å²) in [5.74, 6) is 2.04. The lowest BCUT2D eigenvalue weighted by atomic mass is 9.95. The third kappa shape index (κ3) is 5.54. The van der Waals surface area contributed by atoms with E-state index in [0.29, 0.717) is 29.7 Å². The fourth-order valence-electron chi connectivity index (χ4n) is 5.44. The van der Waals surface area contributed by atoms with Crippen molar-refractivity contribution in [1.82, 2.24) is 14.5 Å². The van der Waals surface area contributed by atoms with Gasteiger partial charge in [0.2, 0.25) is 0 Å². The van der Waals surface area contributed by atoms with Crippen molar-refractivity contribution < 1.29 is 19.4 Å². The fraction of sp³-hybridized carbons (Fsp3) is 0.242. The van der Waals surface area contributed by atoms with Crippen LogP contribution in [-0.2, 0) is 6.61 Å². The van der Waals surface area contributed by atoms with Gasteiger partial charge >= 0.3 is 5.97 Å². The molecule has 1 aliphatic rings. The number of aromatic carboxylic acids is 1. The first-order valence-electron chi connectivity index (χ1n) is 13.7. The molecule has 5 aromatic rings. The van der Waals surface area contributed by atoms with Crippen LogP contribution in [0.1, 0.15) is 59.8 Å². The summed E-state index contributed by atoms with van der Waals surface area (Å²) in [4.78, 5) is 20.7. The SMILES string of the molecule is Cc1cc(COc2cccc(Oc3ccc(-c4nc5cc(C(=O)O)ccc5n4C4CCCCC4)cc3)c2)ccn1. The number of ether oxygens (including phenoxy) is 2. The van der Waals surface area contributed by atoms with Crippen LogP contribution in [0.2, 0.25) is 0 Å². The highest BCUT2D eigenvalue weighted by Crippen LogP contribution is 2.37. The highest BCUT2D eigenvalue weighted by molar-refractivity contribution is 5.93. The molecule has 7 nitrogen and oxygen atoms in total. The maximum atomic E-state index is 11.6. The number of pyridine rings is 1. The van der Waals surface area contributed by atoms with E-state index in [-0.39, 0.29) is 5.56 Å². The first kappa shape index (κ1) is 25.6. The summed E-state index contributed by atoms with van der Waals surface area (Å²) in [7, 11) is 0. The minimum absolute atomic E-state index is 0.248. The highest BCUT2D eigenvalue weighted by Gasteiger charge is 2.23. The second kappa shape index (κ2) is 11.2. The number of rotatable bonds is 8. The monoisotopic (exact) mass is 533 g/mol. The minimum atomic E-state index is -0.945. The molecule has 202 valence electrons. The molecule has 6 rings (SSSR count). The van der Waals surface area contributed by atoms with Crippen molar-refractivity contribution in [2.45, 2.75) is 51.7 Å². The Morgan fingerprint density at radius 2 is 1.73 bits per heavy atom. The van der Waals surface area contributed by atoms with E-state index in [1.807, 2.05) is 73.7 Å². The Balaban J connectivity index is 1.23. The molecule has 3 aromatic carbocycles. The molecule has 40 heavy (non-hydrogen) atoms. The van der Waals surface area contributed by atoms with E-state index >= 15 is 0 Å². The first-order valence-corrected chi connectivity index (χ1v) is 13.7. The zero-order valence-corrected chi connectivity index (χ0v) is 22.4. The summed E-state index contributed by atoms with van der Waals surface area (Å²) in [6, 6.07) is 25.1. The Labute approximate surface area is 233 Å². The molecular formula is C33H31N3O4. The number of carbonyl (C=O) groups is 1. The normalized spacial score (nSPS) is 13.8. The van der Waals surface area contributed by atoms with Crippen molar-refractivity contribution in [3.8, 4) is 28.6 Å². The Morgan fingerprint density at radius 3 is 2.50 bits per heavy atom. The molecule has 0 saturated heterocycles. The molecule has 0 atom stereocenters. The summed E-state index contributed by atoms with van der Waals surface area (Å²) >= 11 is 0. The highest BCUT2D eigenvalue weighted by atomic mass is 16.5. The molecule has 7 heteroatoms. The molecule has 1 fully saturated rings. The number of carboxylic acid groups (broad SMARTS) is 1. The van der Waals surface area contributed by atoms with Gasteiger partial charge in [0.15, 0.2) is 0 Å². The van der Waals surface area contributed by atoms with Crippen LogP contribution in [0, 0.1) is 6.92 Å². The van der Waals surface area contributed by atoms with E-state index in [0.717, 1.165) is 46.8 Å². The lowest BCUT2D eigenvalue weighted by molar-refractivity contribution is 0.0697. The molecule has 0 aliphatic heterocycles. The molecule has 1 aliphatic carbocycles. The van der Waals surface area contributed by atoms with E-state index in [2.05, 4.69) is 9.55 Å². The van der Waals surface area contributed by atoms with Gasteiger partial charge in [-0.1, -0.05) is 25.3 Å². The number of hydrogen-bond acceptors (Lipinski definition) is 5. The second-order valence-corrected chi connectivity index (χ2v) is 10.3. The maximum Gasteiger partial charge on any atom is 0.335 e. The van der Waals surface area contributed by atoms with Gasteiger partial charge < -0.3 is 19.1 Å². The van der Waals surface area contributed by atoms with E-state index in [4.69, 9.17) is 14.5 Å². The summed E-state index contributed by atoms with van der Waals surface area (Å²) in [6.07, 6.45) is 7.61. The van der Waals surface area contributed by atoms with Crippen molar-refractivity contribution in [2.24, 2.45) is 0 Å². The number of aromatic nitrogens is 3. The van der Waals surface area contributed by atoms with Gasteiger partial charge in [-0.2, -0.15) is 0 Å². The minimum Gasteiger partial charge on any atom is -0.489 e. The zero-order chi connectivity index (χ0) is 27.5. The van der Waals surface area contributed by atoms with Crippen molar-refractivity contribution in [3.63, 3.8) is 0 Å². The van der Waals surface area contributed by atoms with Crippen molar-refractivity contribution in [1.29, 1.82) is 0 Å². The maximum absolute atomic E-state index is 11.6. The van der Waals surface area contributed by atoms with Gasteiger partial charge in [0.1, 0.15) is 29.7 Å². The van der Waals surface area contributed by atoms with Crippen LogP contribution in [0.5, 0.6) is 17.2 Å². The Hall–Kier alpha value is -4.65. The Morgan fingerprint density at radius 1 is 0.925 bits per heavy atom. The van der Waals surface area contributed by atoms with Crippen LogP contribution in [0.4, 0.5) is 0 Å². The third-order valence-electron chi connectivity index (χ3n) is 7.40. The smallest absolute Gasteiger partial charge is 0.335 e. The Kier molecular flexibility index (Phi) is 7.19. The molecule has 0 spiro atoms. The van der Waals surface area contributed by atoms with Gasteiger partial charge in [-0.3, -0.25) is 4.98 Å². The average Bonchev–Trinajstić information content (AvgIpc) is 3.36. The predicted molar refractivity (Wildman–Crippen MR) is 154 cm³/mol. The largest absolute Gasteiger partial charge is 0.489 e. The summed E-state index contributed by atoms with van der Waals surface area (Å²) in [5, 5.41) is 9.49. The molecule has 2 aromatic heterocycles. The fourth-order valence-corrected chi connectivity index (χ4v) is 5.44. The number of imidazole rings is 1. The van der Waals surface area contributed by atoms with Gasteiger partial charge in [-0.05, 0) is 92.1 Å². The molecule has 2 heterocycles. The van der Waals surface area contributed by atoms with Crippen molar-refractivity contribution >= 4 is 17.0 Å². The summed E-state index contributed by atoms with van der Waals surface area (Å²) < 4.78 is 14.4. The van der Waals surface area contributed by atoms with E-state index in [1.54, 1.807) is 18.3 Å². The van der Waals surface area contributed by atoms with Crippen LogP contribution >= 0.6 is 0 Å². The van der Waals surface area contributed by atoms with Crippen LogP contribution in [0.15, 0.2) is 85.1 Å². The van der Waals surface area contributed by atoms with Gasteiger partial charge in [-0.15, -0.1) is 0 Å². The van der Waals surface area contributed by atoms with Crippen LogP contribution in [0.3, 0.4) is 0 Å². The average molecular weight is 534 g/mol. The standard InChI is InChI=1S/C33H31N3O4/c1-22-18-23(16-17-34-22)21-39-28-8-5-9-29(20-28)40-27-13-10-24(11-14-27)32-35-30-19-25(33(37)38)12-15-31(30)36(32)26-6-3-2-4-7-26/h5,8-20,26H,2-4,6-7,21H2,1H3,(H,37,38). The summed E-state index contributed by atoms with van der Waals surface area (Å²) in [5.41, 5.74) is 4.92. The zero-order valence-electron chi connectivity index (χ0n) is 22.4. The Bertz CT molecular complexity index is 1650. The van der Waals surface area contributed by atoms with Gasteiger partial charge in [0.25, 0.3) is 0 Å². The van der Waals surface area contributed by atoms with Gasteiger partial charge in [0, 0.05) is 29.6 Å². The lowest BCUT2D eigenvalue weighted by Gasteiger charge is -2.25. The van der Waals surface area contributed by atoms with Crippen molar-refractivity contribution in [2.75, 3.05) is 0 Å². The van der Waals surface area contributed by atoms with Gasteiger partial charge in [0.05, 0.1) is 16.6 Å². The quantitative estimate of drug-likeness (QED) is 0.218. The molecule has 1 N–H and O–H groups in total. The molecule has 0 amide bonds. The number of aryl methyl sites for hydroxylation is 1. The molecule has 1 saturated carbocycles. The second-order valence-electron chi connectivity index (χ2n) is 10.3. The van der Waals surface area contributed by atoms with Crippen molar-refractivity contribution in [3.05, 3.63) is 102 Å². The number of benzene rings is 3. The van der Waals surface area contributed by atoms with Gasteiger partial charge in [-0.25, -0.2) is 9.78 Å². The van der Waals surface area contributed by atoms with E-state index in [1.165, 1.54) is 19.3 Å². The number of fused-ring (bicyclic) bond motifs is 1. The third-order valence-corrected chi connectivity index (χ3v) is 7.40. The van der Waals surface area contributed by atoms with E-state index < -0.39 is 5.97 Å². The molecule has 0 radical (unpaired) electrons. The lowest BCUT2D eigenvalue weighted by Crippen LogP contribution is -2.14. The molecular weight excluding hydrogens is 502 g/mol. The number of nitrogens with zero attached hydrogens (tertiary/aromatic N) is 3. The van der Waals surface area contributed by atoms with E-state index in [9.17, 15) is 9.90 Å². The topological polar surface area (TPSA) is 86.5 Å². The summed E-state index contributed by atoms with van der Waals surface area (Å²) in [6.45, 7) is 2.42. The number of hydrogen-bond donors (Lipinski definition) is 1.